The Bertz CT molecular complexity index is 1160. The van der Waals surface area contributed by atoms with Gasteiger partial charge in [0.2, 0.25) is 5.95 Å². The molecule has 1 aromatic carbocycles. The molecule has 0 unspecified atom stereocenters. The second-order valence-corrected chi connectivity index (χ2v) is 6.66. The molecule has 0 fully saturated rings. The molecule has 29 heavy (non-hydrogen) atoms. The summed E-state index contributed by atoms with van der Waals surface area (Å²) in [5, 5.41) is 15.5. The number of halogens is 1. The number of carbonyl (C=O) groups excluding carboxylic acids is 1. The van der Waals surface area contributed by atoms with Crippen molar-refractivity contribution in [3.8, 4) is 0 Å². The summed E-state index contributed by atoms with van der Waals surface area (Å²) >= 11 is 0. The van der Waals surface area contributed by atoms with Gasteiger partial charge in [-0.25, -0.2) is 18.7 Å². The van der Waals surface area contributed by atoms with Crippen LogP contribution in [0, 0.1) is 19.7 Å². The molecule has 0 bridgehead atoms. The first-order valence-corrected chi connectivity index (χ1v) is 8.96. The van der Waals surface area contributed by atoms with Crippen molar-refractivity contribution in [2.45, 2.75) is 27.1 Å². The molecule has 0 saturated carbocycles. The third kappa shape index (κ3) is 4.37. The van der Waals surface area contributed by atoms with Crippen molar-refractivity contribution in [1.29, 1.82) is 0 Å². The Morgan fingerprint density at radius 2 is 1.97 bits per heavy atom. The Balaban J connectivity index is 1.39. The number of nitrogens with one attached hydrogen (secondary N) is 1. The standard InChI is InChI=1S/C19H19FN8O/c1-13-8-14(2)28(23-13)12-26-7-6-17(24-26)18(29)22-19-21-11-27(25-19)10-15-4-3-5-16(20)9-15/h3-9,11H,10,12H2,1-2H3,(H,22,25,29). The fourth-order valence-corrected chi connectivity index (χ4v) is 2.93. The number of rotatable bonds is 6. The van der Waals surface area contributed by atoms with Crippen molar-refractivity contribution in [2.24, 2.45) is 0 Å². The predicted octanol–water partition coefficient (Wildman–Crippen LogP) is 2.23. The molecule has 9 nitrogen and oxygen atoms in total. The third-order valence-electron chi connectivity index (χ3n) is 4.25. The van der Waals surface area contributed by atoms with Crippen LogP contribution in [0.15, 0.2) is 48.9 Å². The van der Waals surface area contributed by atoms with Gasteiger partial charge in [-0.05, 0) is 43.7 Å². The van der Waals surface area contributed by atoms with Crippen molar-refractivity contribution in [3.63, 3.8) is 0 Å². The number of hydrogen-bond donors (Lipinski definition) is 1. The van der Waals surface area contributed by atoms with E-state index in [2.05, 4.69) is 25.6 Å². The number of aromatic nitrogens is 7. The molecule has 0 saturated heterocycles. The van der Waals surface area contributed by atoms with E-state index in [0.717, 1.165) is 17.0 Å². The number of carbonyl (C=O) groups is 1. The van der Waals surface area contributed by atoms with E-state index in [4.69, 9.17) is 0 Å². The maximum Gasteiger partial charge on any atom is 0.278 e. The number of amides is 1. The summed E-state index contributed by atoms with van der Waals surface area (Å²) in [5.41, 5.74) is 2.92. The van der Waals surface area contributed by atoms with Crippen LogP contribution in [0.2, 0.25) is 0 Å². The largest absolute Gasteiger partial charge is 0.288 e. The van der Waals surface area contributed by atoms with Gasteiger partial charge in [0.25, 0.3) is 5.91 Å². The van der Waals surface area contributed by atoms with E-state index >= 15 is 0 Å². The fraction of sp³-hybridized carbons (Fsp3) is 0.211. The fourth-order valence-electron chi connectivity index (χ4n) is 2.93. The monoisotopic (exact) mass is 394 g/mol. The molecule has 0 aliphatic heterocycles. The van der Waals surface area contributed by atoms with Crippen molar-refractivity contribution in [2.75, 3.05) is 5.32 Å². The lowest BCUT2D eigenvalue weighted by molar-refractivity contribution is 0.102. The van der Waals surface area contributed by atoms with Crippen LogP contribution < -0.4 is 5.32 Å². The molecule has 3 aromatic heterocycles. The summed E-state index contributed by atoms with van der Waals surface area (Å²) in [6.45, 7) is 4.64. The van der Waals surface area contributed by atoms with E-state index in [9.17, 15) is 9.18 Å². The van der Waals surface area contributed by atoms with Crippen LogP contribution in [-0.4, -0.2) is 40.2 Å². The topological polar surface area (TPSA) is 95.5 Å². The molecule has 148 valence electrons. The van der Waals surface area contributed by atoms with Crippen LogP contribution in [0.4, 0.5) is 10.3 Å². The summed E-state index contributed by atoms with van der Waals surface area (Å²) in [4.78, 5) is 16.5. The molecule has 0 aliphatic carbocycles. The lowest BCUT2D eigenvalue weighted by atomic mass is 10.2. The van der Waals surface area contributed by atoms with Gasteiger partial charge in [0, 0.05) is 11.9 Å². The smallest absolute Gasteiger partial charge is 0.278 e. The predicted molar refractivity (Wildman–Crippen MR) is 103 cm³/mol. The minimum atomic E-state index is -0.416. The van der Waals surface area contributed by atoms with Gasteiger partial charge in [0.05, 0.1) is 12.2 Å². The first-order chi connectivity index (χ1) is 14.0. The minimum absolute atomic E-state index is 0.152. The molecule has 10 heteroatoms. The van der Waals surface area contributed by atoms with Gasteiger partial charge in [0.1, 0.15) is 18.8 Å². The number of hydrogen-bond acceptors (Lipinski definition) is 5. The van der Waals surface area contributed by atoms with Crippen LogP contribution in [0.3, 0.4) is 0 Å². The van der Waals surface area contributed by atoms with Crippen LogP contribution in [0.25, 0.3) is 0 Å². The quantitative estimate of drug-likeness (QED) is 0.541. The summed E-state index contributed by atoms with van der Waals surface area (Å²) in [6, 6.07) is 9.82. The lowest BCUT2D eigenvalue weighted by Gasteiger charge is -2.04. The van der Waals surface area contributed by atoms with Crippen LogP contribution in [0.1, 0.15) is 27.4 Å². The van der Waals surface area contributed by atoms with Gasteiger partial charge in [-0.3, -0.25) is 14.8 Å². The number of anilines is 1. The van der Waals surface area contributed by atoms with Crippen LogP contribution in [-0.2, 0) is 13.2 Å². The lowest BCUT2D eigenvalue weighted by Crippen LogP contribution is -2.16. The average molecular weight is 394 g/mol. The minimum Gasteiger partial charge on any atom is -0.288 e. The van der Waals surface area contributed by atoms with Crippen LogP contribution >= 0.6 is 0 Å². The zero-order chi connectivity index (χ0) is 20.4. The van der Waals surface area contributed by atoms with Crippen LogP contribution in [0.5, 0.6) is 0 Å². The Kier molecular flexibility index (Phi) is 4.90. The van der Waals surface area contributed by atoms with Gasteiger partial charge in [-0.1, -0.05) is 12.1 Å². The summed E-state index contributed by atoms with van der Waals surface area (Å²) in [7, 11) is 0. The average Bonchev–Trinajstić information content (AvgIpc) is 3.37. The maximum atomic E-state index is 13.3. The first-order valence-electron chi connectivity index (χ1n) is 8.96. The van der Waals surface area contributed by atoms with E-state index in [1.165, 1.54) is 23.1 Å². The molecule has 0 radical (unpaired) electrons. The second-order valence-electron chi connectivity index (χ2n) is 6.66. The molecule has 0 spiro atoms. The van der Waals surface area contributed by atoms with E-state index in [1.807, 2.05) is 19.9 Å². The van der Waals surface area contributed by atoms with E-state index in [1.54, 1.807) is 33.8 Å². The van der Waals surface area contributed by atoms with Crippen molar-refractivity contribution in [1.82, 2.24) is 34.3 Å². The summed E-state index contributed by atoms with van der Waals surface area (Å²) < 4.78 is 18.2. The number of aryl methyl sites for hydroxylation is 2. The zero-order valence-corrected chi connectivity index (χ0v) is 15.9. The highest BCUT2D eigenvalue weighted by atomic mass is 19.1. The molecular formula is C19H19FN8O. The van der Waals surface area contributed by atoms with Gasteiger partial charge in [-0.15, -0.1) is 5.10 Å². The molecule has 4 rings (SSSR count). The number of benzene rings is 1. The molecule has 0 atom stereocenters. The second kappa shape index (κ2) is 7.66. The highest BCUT2D eigenvalue weighted by molar-refractivity contribution is 6.01. The van der Waals surface area contributed by atoms with E-state index in [0.29, 0.717) is 13.2 Å². The van der Waals surface area contributed by atoms with Gasteiger partial charge in [-0.2, -0.15) is 10.2 Å². The molecule has 1 amide bonds. The van der Waals surface area contributed by atoms with Crippen molar-refractivity contribution < 1.29 is 9.18 Å². The maximum absolute atomic E-state index is 13.3. The molecular weight excluding hydrogens is 375 g/mol. The Labute approximate surface area is 165 Å². The van der Waals surface area contributed by atoms with Gasteiger partial charge >= 0.3 is 0 Å². The molecule has 3 heterocycles. The summed E-state index contributed by atoms with van der Waals surface area (Å²) in [5.74, 6) is -0.577. The van der Waals surface area contributed by atoms with Crippen molar-refractivity contribution in [3.05, 3.63) is 77.4 Å². The van der Waals surface area contributed by atoms with Gasteiger partial charge < -0.3 is 0 Å². The normalized spacial score (nSPS) is 11.0. The first kappa shape index (κ1) is 18.5. The Morgan fingerprint density at radius 1 is 1.10 bits per heavy atom. The summed E-state index contributed by atoms with van der Waals surface area (Å²) in [6.07, 6.45) is 3.18. The molecule has 4 aromatic rings. The Hall–Kier alpha value is -3.82. The van der Waals surface area contributed by atoms with Crippen molar-refractivity contribution >= 4 is 11.9 Å². The Morgan fingerprint density at radius 3 is 2.72 bits per heavy atom. The van der Waals surface area contributed by atoms with Gasteiger partial charge in [0.15, 0.2) is 5.69 Å². The highest BCUT2D eigenvalue weighted by Gasteiger charge is 2.13. The SMILES string of the molecule is Cc1cc(C)n(Cn2ccc(C(=O)Nc3ncn(Cc4cccc(F)c4)n3)n2)n1. The van der Waals surface area contributed by atoms with E-state index in [-0.39, 0.29) is 17.5 Å². The van der Waals surface area contributed by atoms with E-state index < -0.39 is 5.91 Å². The number of nitrogens with zero attached hydrogens (tertiary/aromatic N) is 7. The molecule has 0 aliphatic rings. The highest BCUT2D eigenvalue weighted by Crippen LogP contribution is 2.08. The third-order valence-corrected chi connectivity index (χ3v) is 4.25. The molecule has 1 N–H and O–H groups in total. The zero-order valence-electron chi connectivity index (χ0n) is 15.9.